The lowest BCUT2D eigenvalue weighted by Crippen LogP contribution is -2.28. The van der Waals surface area contributed by atoms with Crippen molar-refractivity contribution in [2.45, 2.75) is 60.5 Å². The van der Waals surface area contributed by atoms with Gasteiger partial charge in [-0.05, 0) is 94.0 Å². The minimum Gasteiger partial charge on any atom is -0.381 e. The number of nitrogens with one attached hydrogen (secondary N) is 2. The Bertz CT molecular complexity index is 898. The van der Waals surface area contributed by atoms with Crippen LogP contribution in [0.25, 0.3) is 16.7 Å². The van der Waals surface area contributed by atoms with Crippen LogP contribution < -0.4 is 10.6 Å². The monoisotopic (exact) mass is 382 g/mol. The topological polar surface area (TPSA) is 41.1 Å². The van der Waals surface area contributed by atoms with Gasteiger partial charge < -0.3 is 10.6 Å². The zero-order valence-electron chi connectivity index (χ0n) is 17.9. The molecular formula is C24H31FN2O. The average Bonchev–Trinajstić information content (AvgIpc) is 2.57. The van der Waals surface area contributed by atoms with Crippen molar-refractivity contribution in [3.63, 3.8) is 0 Å². The number of allylic oxidation sites excluding steroid dienone is 1. The molecule has 0 bridgehead atoms. The standard InChI is InChI=1S/C24H31FN2O/c1-14(2)26-23-9-8-19(13-22(23)25)21-11-16(5)20(10-17(21)6)18(7)12-24(28)27-15(3)4/h8-15,26H,1-7H3,(H,27,28). The molecule has 2 N–H and O–H groups in total. The van der Waals surface area contributed by atoms with E-state index in [4.69, 9.17) is 0 Å². The Morgan fingerprint density at radius 3 is 2.25 bits per heavy atom. The zero-order valence-corrected chi connectivity index (χ0v) is 17.9. The fraction of sp³-hybridized carbons (Fsp3) is 0.375. The number of amides is 1. The number of rotatable bonds is 6. The molecule has 0 fully saturated rings. The minimum absolute atomic E-state index is 0.0936. The second kappa shape index (κ2) is 9.05. The lowest BCUT2D eigenvalue weighted by Gasteiger charge is -2.15. The molecule has 0 radical (unpaired) electrons. The van der Waals surface area contributed by atoms with E-state index in [1.165, 1.54) is 0 Å². The van der Waals surface area contributed by atoms with E-state index < -0.39 is 0 Å². The van der Waals surface area contributed by atoms with Gasteiger partial charge in [0.2, 0.25) is 5.91 Å². The van der Waals surface area contributed by atoms with E-state index in [1.54, 1.807) is 18.2 Å². The summed E-state index contributed by atoms with van der Waals surface area (Å²) in [5.74, 6) is -0.349. The minimum atomic E-state index is -0.256. The van der Waals surface area contributed by atoms with Crippen molar-refractivity contribution in [2.75, 3.05) is 5.32 Å². The predicted molar refractivity (Wildman–Crippen MR) is 117 cm³/mol. The molecule has 4 heteroatoms. The van der Waals surface area contributed by atoms with Crippen molar-refractivity contribution < 1.29 is 9.18 Å². The molecule has 0 aliphatic carbocycles. The first-order valence-electron chi connectivity index (χ1n) is 9.75. The molecule has 0 heterocycles. The SMILES string of the molecule is CC(=CC(=O)NC(C)C)c1cc(C)c(-c2ccc(NC(C)C)c(F)c2)cc1C. The van der Waals surface area contributed by atoms with E-state index in [-0.39, 0.29) is 23.8 Å². The maximum atomic E-state index is 14.5. The van der Waals surface area contributed by atoms with Crippen molar-refractivity contribution in [3.05, 3.63) is 58.9 Å². The molecule has 0 saturated heterocycles. The predicted octanol–water partition coefficient (Wildman–Crippen LogP) is 5.86. The van der Waals surface area contributed by atoms with Gasteiger partial charge in [0.05, 0.1) is 5.69 Å². The molecule has 1 amide bonds. The average molecular weight is 383 g/mol. The number of hydrogen-bond donors (Lipinski definition) is 2. The van der Waals surface area contributed by atoms with Crippen LogP contribution in [0.4, 0.5) is 10.1 Å². The summed E-state index contributed by atoms with van der Waals surface area (Å²) in [6.07, 6.45) is 1.63. The van der Waals surface area contributed by atoms with E-state index in [0.717, 1.165) is 33.4 Å². The summed E-state index contributed by atoms with van der Waals surface area (Å²) in [4.78, 5) is 12.0. The number of halogens is 1. The lowest BCUT2D eigenvalue weighted by molar-refractivity contribution is -0.116. The molecule has 0 saturated carbocycles. The largest absolute Gasteiger partial charge is 0.381 e. The Hall–Kier alpha value is -2.62. The molecule has 28 heavy (non-hydrogen) atoms. The summed E-state index contributed by atoms with van der Waals surface area (Å²) in [7, 11) is 0. The first-order chi connectivity index (χ1) is 13.1. The van der Waals surface area contributed by atoms with Gasteiger partial charge in [-0.15, -0.1) is 0 Å². The Balaban J connectivity index is 2.37. The van der Waals surface area contributed by atoms with Crippen LogP contribution in [0.5, 0.6) is 0 Å². The molecular weight excluding hydrogens is 351 g/mol. The van der Waals surface area contributed by atoms with E-state index >= 15 is 0 Å². The third-order valence-electron chi connectivity index (χ3n) is 4.50. The van der Waals surface area contributed by atoms with Crippen LogP contribution in [0, 0.1) is 19.7 Å². The van der Waals surface area contributed by atoms with Crippen LogP contribution in [0.3, 0.4) is 0 Å². The van der Waals surface area contributed by atoms with E-state index in [2.05, 4.69) is 22.8 Å². The van der Waals surface area contributed by atoms with Gasteiger partial charge in [0, 0.05) is 18.2 Å². The fourth-order valence-electron chi connectivity index (χ4n) is 3.26. The Labute approximate surface area is 168 Å². The molecule has 0 spiro atoms. The van der Waals surface area contributed by atoms with Crippen LogP contribution in [-0.2, 0) is 4.79 Å². The van der Waals surface area contributed by atoms with Crippen molar-refractivity contribution in [1.29, 1.82) is 0 Å². The summed E-state index contributed by atoms with van der Waals surface area (Å²) in [6, 6.07) is 9.70. The van der Waals surface area contributed by atoms with Gasteiger partial charge in [-0.1, -0.05) is 18.2 Å². The Morgan fingerprint density at radius 2 is 1.68 bits per heavy atom. The van der Waals surface area contributed by atoms with E-state index in [0.29, 0.717) is 5.69 Å². The normalized spacial score (nSPS) is 11.9. The van der Waals surface area contributed by atoms with Crippen LogP contribution in [0.15, 0.2) is 36.4 Å². The number of aryl methyl sites for hydroxylation is 2. The van der Waals surface area contributed by atoms with Gasteiger partial charge >= 0.3 is 0 Å². The summed E-state index contributed by atoms with van der Waals surface area (Å²) in [6.45, 7) is 13.8. The van der Waals surface area contributed by atoms with Crippen molar-refractivity contribution >= 4 is 17.2 Å². The number of anilines is 1. The molecule has 0 unspecified atom stereocenters. The molecule has 0 aromatic heterocycles. The molecule has 0 aliphatic heterocycles. The highest BCUT2D eigenvalue weighted by molar-refractivity contribution is 5.95. The van der Waals surface area contributed by atoms with Crippen molar-refractivity contribution in [2.24, 2.45) is 0 Å². The quantitative estimate of drug-likeness (QED) is 0.615. The molecule has 0 atom stereocenters. The highest BCUT2D eigenvalue weighted by atomic mass is 19.1. The Kier molecular flexibility index (Phi) is 7.00. The first kappa shape index (κ1) is 21.7. The molecule has 2 rings (SSSR count). The summed E-state index contributed by atoms with van der Waals surface area (Å²) >= 11 is 0. The van der Waals surface area contributed by atoms with E-state index in [1.807, 2.05) is 54.5 Å². The second-order valence-electron chi connectivity index (χ2n) is 7.97. The maximum absolute atomic E-state index is 14.5. The third-order valence-corrected chi connectivity index (χ3v) is 4.50. The number of carbonyl (C=O) groups is 1. The van der Waals surface area contributed by atoms with E-state index in [9.17, 15) is 9.18 Å². The van der Waals surface area contributed by atoms with Gasteiger partial charge in [0.25, 0.3) is 0 Å². The third kappa shape index (κ3) is 5.44. The van der Waals surface area contributed by atoms with Gasteiger partial charge in [-0.25, -0.2) is 4.39 Å². The fourth-order valence-corrected chi connectivity index (χ4v) is 3.26. The highest BCUT2D eigenvalue weighted by Gasteiger charge is 2.12. The van der Waals surface area contributed by atoms with Crippen LogP contribution in [0.1, 0.15) is 51.3 Å². The van der Waals surface area contributed by atoms with Crippen LogP contribution in [0.2, 0.25) is 0 Å². The zero-order chi connectivity index (χ0) is 21.0. The number of hydrogen-bond acceptors (Lipinski definition) is 2. The highest BCUT2D eigenvalue weighted by Crippen LogP contribution is 2.31. The number of benzene rings is 2. The summed E-state index contributed by atoms with van der Waals surface area (Å²) in [5.41, 5.74) is 6.39. The lowest BCUT2D eigenvalue weighted by atomic mass is 9.92. The van der Waals surface area contributed by atoms with Gasteiger partial charge in [0.15, 0.2) is 0 Å². The Morgan fingerprint density at radius 1 is 1.00 bits per heavy atom. The maximum Gasteiger partial charge on any atom is 0.244 e. The summed E-state index contributed by atoms with van der Waals surface area (Å²) in [5, 5.41) is 5.99. The van der Waals surface area contributed by atoms with Crippen molar-refractivity contribution in [3.8, 4) is 11.1 Å². The second-order valence-corrected chi connectivity index (χ2v) is 7.97. The van der Waals surface area contributed by atoms with Gasteiger partial charge in [-0.3, -0.25) is 4.79 Å². The molecule has 2 aromatic carbocycles. The van der Waals surface area contributed by atoms with Crippen LogP contribution >= 0.6 is 0 Å². The number of carbonyl (C=O) groups excluding carboxylic acids is 1. The van der Waals surface area contributed by atoms with Gasteiger partial charge in [0.1, 0.15) is 5.82 Å². The molecule has 3 nitrogen and oxygen atoms in total. The van der Waals surface area contributed by atoms with Crippen molar-refractivity contribution in [1.82, 2.24) is 5.32 Å². The first-order valence-corrected chi connectivity index (χ1v) is 9.75. The molecule has 150 valence electrons. The molecule has 2 aromatic rings. The smallest absolute Gasteiger partial charge is 0.244 e. The van der Waals surface area contributed by atoms with Crippen LogP contribution in [-0.4, -0.2) is 18.0 Å². The summed E-state index contributed by atoms with van der Waals surface area (Å²) < 4.78 is 14.5. The molecule has 0 aliphatic rings. The van der Waals surface area contributed by atoms with Gasteiger partial charge in [-0.2, -0.15) is 0 Å².